The van der Waals surface area contributed by atoms with E-state index in [9.17, 15) is 9.59 Å². The fraction of sp³-hybridized carbons (Fsp3) is 0.522. The van der Waals surface area contributed by atoms with Crippen molar-refractivity contribution in [2.45, 2.75) is 47.6 Å². The Balaban J connectivity index is 1.64. The number of hydrogen-bond acceptors (Lipinski definition) is 4. The van der Waals surface area contributed by atoms with Gasteiger partial charge < -0.3 is 9.64 Å². The molecule has 6 nitrogen and oxygen atoms in total. The molecule has 0 bridgehead atoms. The molecule has 1 aliphatic heterocycles. The van der Waals surface area contributed by atoms with Crippen molar-refractivity contribution in [1.29, 1.82) is 0 Å². The summed E-state index contributed by atoms with van der Waals surface area (Å²) in [5, 5.41) is 4.51. The van der Waals surface area contributed by atoms with Crippen LogP contribution in [0.3, 0.4) is 0 Å². The fourth-order valence-electron chi connectivity index (χ4n) is 4.17. The lowest BCUT2D eigenvalue weighted by Crippen LogP contribution is -2.44. The molecule has 6 heteroatoms. The first-order chi connectivity index (χ1) is 13.7. The Morgan fingerprint density at radius 1 is 1.07 bits per heavy atom. The Kier molecular flexibility index (Phi) is 6.40. The number of benzene rings is 1. The quantitative estimate of drug-likeness (QED) is 0.724. The molecule has 0 unspecified atom stereocenters. The summed E-state index contributed by atoms with van der Waals surface area (Å²) in [6, 6.07) is 8.24. The van der Waals surface area contributed by atoms with E-state index >= 15 is 0 Å². The topological polar surface area (TPSA) is 64.4 Å². The van der Waals surface area contributed by atoms with Crippen LogP contribution in [-0.4, -0.2) is 46.3 Å². The lowest BCUT2D eigenvalue weighted by Gasteiger charge is -2.34. The Labute approximate surface area is 172 Å². The first-order valence-corrected chi connectivity index (χ1v) is 10.3. The van der Waals surface area contributed by atoms with Crippen LogP contribution in [0.25, 0.3) is 0 Å². The smallest absolute Gasteiger partial charge is 0.342 e. The zero-order chi connectivity index (χ0) is 21.1. The van der Waals surface area contributed by atoms with Gasteiger partial charge in [-0.1, -0.05) is 43.7 Å². The van der Waals surface area contributed by atoms with Gasteiger partial charge in [0, 0.05) is 13.1 Å². The maximum Gasteiger partial charge on any atom is 0.342 e. The number of piperidine rings is 1. The minimum Gasteiger partial charge on any atom is -0.452 e. The van der Waals surface area contributed by atoms with Crippen LogP contribution in [0.1, 0.15) is 53.1 Å². The predicted molar refractivity (Wildman–Crippen MR) is 112 cm³/mol. The SMILES string of the molecule is Cc1ccc(Cn2nc(C)c(C(=O)OCC(=O)N3C[C@@H](C)C[C@H](C)C3)c2C)cc1. The number of rotatable bonds is 5. The second-order valence-corrected chi connectivity index (χ2v) is 8.51. The molecule has 2 heterocycles. The molecule has 1 amide bonds. The summed E-state index contributed by atoms with van der Waals surface area (Å²) in [6.07, 6.45) is 1.13. The monoisotopic (exact) mass is 397 g/mol. The predicted octanol–water partition coefficient (Wildman–Crippen LogP) is 3.52. The van der Waals surface area contributed by atoms with E-state index in [0.717, 1.165) is 30.8 Å². The average Bonchev–Trinajstić information content (AvgIpc) is 2.94. The largest absolute Gasteiger partial charge is 0.452 e. The molecule has 29 heavy (non-hydrogen) atoms. The van der Waals surface area contributed by atoms with Crippen molar-refractivity contribution >= 4 is 11.9 Å². The van der Waals surface area contributed by atoms with E-state index in [1.165, 1.54) is 5.56 Å². The number of amides is 1. The van der Waals surface area contributed by atoms with Crippen LogP contribution in [0, 0.1) is 32.6 Å². The Bertz CT molecular complexity index is 876. The van der Waals surface area contributed by atoms with Gasteiger partial charge in [-0.05, 0) is 44.6 Å². The van der Waals surface area contributed by atoms with E-state index in [0.29, 0.717) is 29.6 Å². The molecule has 1 aromatic carbocycles. The highest BCUT2D eigenvalue weighted by Crippen LogP contribution is 2.21. The van der Waals surface area contributed by atoms with Crippen molar-refractivity contribution in [2.75, 3.05) is 19.7 Å². The first-order valence-electron chi connectivity index (χ1n) is 10.3. The van der Waals surface area contributed by atoms with Crippen molar-refractivity contribution in [3.63, 3.8) is 0 Å². The summed E-state index contributed by atoms with van der Waals surface area (Å²) in [6.45, 7) is 11.8. The highest BCUT2D eigenvalue weighted by atomic mass is 16.5. The van der Waals surface area contributed by atoms with E-state index in [4.69, 9.17) is 4.74 Å². The van der Waals surface area contributed by atoms with Crippen LogP contribution in [0.4, 0.5) is 0 Å². The number of carbonyl (C=O) groups is 2. The zero-order valence-electron chi connectivity index (χ0n) is 18.1. The summed E-state index contributed by atoms with van der Waals surface area (Å²) >= 11 is 0. The van der Waals surface area contributed by atoms with E-state index in [-0.39, 0.29) is 12.5 Å². The van der Waals surface area contributed by atoms with Gasteiger partial charge in [-0.2, -0.15) is 5.10 Å². The molecule has 0 aliphatic carbocycles. The summed E-state index contributed by atoms with van der Waals surface area (Å²) < 4.78 is 7.18. The number of nitrogens with zero attached hydrogens (tertiary/aromatic N) is 3. The maximum atomic E-state index is 12.7. The maximum absolute atomic E-state index is 12.7. The normalized spacial score (nSPS) is 19.3. The minimum atomic E-state index is -0.485. The zero-order valence-corrected chi connectivity index (χ0v) is 18.1. The van der Waals surface area contributed by atoms with Gasteiger partial charge in [0.25, 0.3) is 5.91 Å². The summed E-state index contributed by atoms with van der Waals surface area (Å²) in [4.78, 5) is 27.0. The second kappa shape index (κ2) is 8.80. The van der Waals surface area contributed by atoms with Crippen molar-refractivity contribution in [3.8, 4) is 0 Å². The number of likely N-dealkylation sites (tertiary alicyclic amines) is 1. The van der Waals surface area contributed by atoms with Crippen LogP contribution in [0.15, 0.2) is 24.3 Å². The highest BCUT2D eigenvalue weighted by Gasteiger charge is 2.27. The van der Waals surface area contributed by atoms with Gasteiger partial charge in [-0.25, -0.2) is 4.79 Å². The number of esters is 1. The van der Waals surface area contributed by atoms with E-state index in [2.05, 4.69) is 43.2 Å². The van der Waals surface area contributed by atoms with Gasteiger partial charge in [-0.3, -0.25) is 9.48 Å². The van der Waals surface area contributed by atoms with Crippen molar-refractivity contribution in [3.05, 3.63) is 52.3 Å². The van der Waals surface area contributed by atoms with Crippen LogP contribution in [-0.2, 0) is 16.1 Å². The molecule has 0 spiro atoms. The number of aryl methyl sites for hydroxylation is 2. The first kappa shape index (κ1) is 21.1. The third-order valence-corrected chi connectivity index (χ3v) is 5.59. The summed E-state index contributed by atoms with van der Waals surface area (Å²) in [7, 11) is 0. The molecule has 0 N–H and O–H groups in total. The molecule has 3 rings (SSSR count). The molecule has 2 atom stereocenters. The van der Waals surface area contributed by atoms with Gasteiger partial charge in [0.2, 0.25) is 0 Å². The molecule has 0 saturated carbocycles. The Morgan fingerprint density at radius 3 is 2.31 bits per heavy atom. The summed E-state index contributed by atoms with van der Waals surface area (Å²) in [5.74, 6) is 0.339. The van der Waals surface area contributed by atoms with Crippen LogP contribution in [0.2, 0.25) is 0 Å². The summed E-state index contributed by atoms with van der Waals surface area (Å²) in [5.41, 5.74) is 4.14. The molecular weight excluding hydrogens is 366 g/mol. The second-order valence-electron chi connectivity index (χ2n) is 8.51. The lowest BCUT2D eigenvalue weighted by atomic mass is 9.92. The Hall–Kier alpha value is -2.63. The average molecular weight is 398 g/mol. The van der Waals surface area contributed by atoms with E-state index < -0.39 is 5.97 Å². The van der Waals surface area contributed by atoms with Crippen molar-refractivity contribution in [1.82, 2.24) is 14.7 Å². The standard InChI is InChI=1S/C23H31N3O3/c1-15-6-8-20(9-7-15)13-26-19(5)22(18(4)24-26)23(28)29-14-21(27)25-11-16(2)10-17(3)12-25/h6-9,16-17H,10-14H2,1-5H3/t16-,17-/m0/s1. The number of aromatic nitrogens is 2. The van der Waals surface area contributed by atoms with Gasteiger partial charge in [0.15, 0.2) is 6.61 Å². The Morgan fingerprint density at radius 2 is 1.69 bits per heavy atom. The van der Waals surface area contributed by atoms with Gasteiger partial charge in [0.05, 0.1) is 17.9 Å². The molecule has 1 fully saturated rings. The van der Waals surface area contributed by atoms with Crippen molar-refractivity contribution < 1.29 is 14.3 Å². The molecule has 1 saturated heterocycles. The molecule has 2 aromatic rings. The highest BCUT2D eigenvalue weighted by molar-refractivity contribution is 5.93. The van der Waals surface area contributed by atoms with Gasteiger partial charge >= 0.3 is 5.97 Å². The van der Waals surface area contributed by atoms with E-state index in [1.54, 1.807) is 6.92 Å². The van der Waals surface area contributed by atoms with Gasteiger partial charge in [0.1, 0.15) is 5.56 Å². The number of carbonyl (C=O) groups excluding carboxylic acids is 2. The molecule has 1 aromatic heterocycles. The van der Waals surface area contributed by atoms with Gasteiger partial charge in [-0.15, -0.1) is 0 Å². The van der Waals surface area contributed by atoms with E-state index in [1.807, 2.05) is 23.4 Å². The van der Waals surface area contributed by atoms with Crippen LogP contribution >= 0.6 is 0 Å². The minimum absolute atomic E-state index is 0.126. The number of ether oxygens (including phenoxy) is 1. The fourth-order valence-corrected chi connectivity index (χ4v) is 4.17. The third kappa shape index (κ3) is 5.05. The lowest BCUT2D eigenvalue weighted by molar-refractivity contribution is -0.137. The van der Waals surface area contributed by atoms with Crippen molar-refractivity contribution in [2.24, 2.45) is 11.8 Å². The molecule has 1 aliphatic rings. The third-order valence-electron chi connectivity index (χ3n) is 5.59. The molecule has 156 valence electrons. The number of hydrogen-bond donors (Lipinski definition) is 0. The molecule has 0 radical (unpaired) electrons. The van der Waals surface area contributed by atoms with Crippen LogP contribution < -0.4 is 0 Å². The molecular formula is C23H31N3O3. The van der Waals surface area contributed by atoms with Crippen LogP contribution in [0.5, 0.6) is 0 Å².